The van der Waals surface area contributed by atoms with Gasteiger partial charge in [-0.15, -0.1) is 0 Å². The van der Waals surface area contributed by atoms with Crippen molar-refractivity contribution in [3.63, 3.8) is 0 Å². The van der Waals surface area contributed by atoms with Gasteiger partial charge in [0, 0.05) is 29.1 Å². The van der Waals surface area contributed by atoms with Gasteiger partial charge in [0.15, 0.2) is 0 Å². The lowest BCUT2D eigenvalue weighted by atomic mass is 9.98. The molecule has 0 radical (unpaired) electrons. The van der Waals surface area contributed by atoms with Gasteiger partial charge in [-0.3, -0.25) is 4.79 Å². The molecule has 2 N–H and O–H groups in total. The van der Waals surface area contributed by atoms with Crippen LogP contribution in [0.15, 0.2) is 24.5 Å². The SMILES string of the molecule is CCN(CC)CC=Cc1c(F)ccc2c1C(=Cc1nc[nH]c1C)C(=O)N2. The molecule has 2 heterocycles. The van der Waals surface area contributed by atoms with Crippen molar-refractivity contribution in [3.8, 4) is 0 Å². The van der Waals surface area contributed by atoms with Crippen LogP contribution in [0.3, 0.4) is 0 Å². The fraction of sp³-hybridized carbons (Fsp3) is 0.300. The molecule has 0 spiro atoms. The van der Waals surface area contributed by atoms with Crippen molar-refractivity contribution in [1.82, 2.24) is 14.9 Å². The number of aromatic nitrogens is 2. The van der Waals surface area contributed by atoms with Crippen molar-refractivity contribution in [2.24, 2.45) is 0 Å². The molecule has 1 amide bonds. The van der Waals surface area contributed by atoms with E-state index in [2.05, 4.69) is 34.0 Å². The molecule has 0 fully saturated rings. The molecule has 0 atom stereocenters. The van der Waals surface area contributed by atoms with Crippen LogP contribution in [0.1, 0.15) is 36.4 Å². The molecule has 1 aliphatic rings. The Morgan fingerprint density at radius 2 is 2.04 bits per heavy atom. The number of H-pyrrole nitrogens is 1. The first-order chi connectivity index (χ1) is 12.5. The monoisotopic (exact) mass is 354 g/mol. The van der Waals surface area contributed by atoms with E-state index in [1.807, 2.05) is 13.0 Å². The second kappa shape index (κ2) is 7.66. The topological polar surface area (TPSA) is 61.0 Å². The number of halogens is 1. The highest BCUT2D eigenvalue weighted by Gasteiger charge is 2.28. The van der Waals surface area contributed by atoms with Gasteiger partial charge in [0.2, 0.25) is 0 Å². The number of imidazole rings is 1. The zero-order chi connectivity index (χ0) is 18.7. The van der Waals surface area contributed by atoms with Crippen LogP contribution < -0.4 is 5.32 Å². The molecule has 2 aromatic rings. The molecular weight excluding hydrogens is 331 g/mol. The summed E-state index contributed by atoms with van der Waals surface area (Å²) in [6.07, 6.45) is 6.98. The van der Waals surface area contributed by atoms with Gasteiger partial charge in [0.05, 0.1) is 17.6 Å². The van der Waals surface area contributed by atoms with E-state index in [1.165, 1.54) is 6.07 Å². The van der Waals surface area contributed by atoms with Gasteiger partial charge in [-0.05, 0) is 38.2 Å². The largest absolute Gasteiger partial charge is 0.348 e. The van der Waals surface area contributed by atoms with Gasteiger partial charge in [-0.2, -0.15) is 0 Å². The van der Waals surface area contributed by atoms with E-state index in [4.69, 9.17) is 0 Å². The van der Waals surface area contributed by atoms with E-state index < -0.39 is 0 Å². The summed E-state index contributed by atoms with van der Waals surface area (Å²) in [5, 5.41) is 2.81. The van der Waals surface area contributed by atoms with Crippen molar-refractivity contribution < 1.29 is 9.18 Å². The summed E-state index contributed by atoms with van der Waals surface area (Å²) >= 11 is 0. The number of carbonyl (C=O) groups excluding carboxylic acids is 1. The summed E-state index contributed by atoms with van der Waals surface area (Å²) in [5.74, 6) is -0.591. The third-order valence-electron chi connectivity index (χ3n) is 4.65. The van der Waals surface area contributed by atoms with Crippen molar-refractivity contribution >= 4 is 29.3 Å². The quantitative estimate of drug-likeness (QED) is 0.778. The van der Waals surface area contributed by atoms with Crippen LogP contribution in [0.5, 0.6) is 0 Å². The van der Waals surface area contributed by atoms with Gasteiger partial charge < -0.3 is 15.2 Å². The normalized spacial score (nSPS) is 15.3. The zero-order valence-electron chi connectivity index (χ0n) is 15.3. The predicted octanol–water partition coefficient (Wildman–Crippen LogP) is 3.70. The number of hydrogen-bond donors (Lipinski definition) is 2. The molecule has 0 saturated carbocycles. The third-order valence-corrected chi connectivity index (χ3v) is 4.65. The number of amides is 1. The summed E-state index contributed by atoms with van der Waals surface area (Å²) < 4.78 is 14.5. The average molecular weight is 354 g/mol. The number of aromatic amines is 1. The highest BCUT2D eigenvalue weighted by Crippen LogP contribution is 2.37. The van der Waals surface area contributed by atoms with Gasteiger partial charge >= 0.3 is 0 Å². The van der Waals surface area contributed by atoms with Gasteiger partial charge in [-0.1, -0.05) is 26.0 Å². The number of anilines is 1. The standard InChI is InChI=1S/C20H23FN4O/c1-4-25(5-2)10-6-7-14-16(21)8-9-17-19(14)15(20(26)24-17)11-18-13(3)22-12-23-18/h6-9,11-12H,4-5,10H2,1-3H3,(H,22,23)(H,24,26). The Balaban J connectivity index is 2.02. The number of hydrogen-bond acceptors (Lipinski definition) is 3. The first-order valence-electron chi connectivity index (χ1n) is 8.79. The highest BCUT2D eigenvalue weighted by molar-refractivity contribution is 6.35. The maximum atomic E-state index is 14.5. The number of fused-ring (bicyclic) bond motifs is 1. The number of nitrogens with one attached hydrogen (secondary N) is 2. The lowest BCUT2D eigenvalue weighted by molar-refractivity contribution is -0.110. The summed E-state index contributed by atoms with van der Waals surface area (Å²) in [4.78, 5) is 21.9. The van der Waals surface area contributed by atoms with Crippen LogP contribution in [-0.2, 0) is 4.79 Å². The summed E-state index contributed by atoms with van der Waals surface area (Å²) in [5.41, 5.74) is 3.59. The fourth-order valence-electron chi connectivity index (χ4n) is 3.05. The predicted molar refractivity (Wildman–Crippen MR) is 103 cm³/mol. The van der Waals surface area contributed by atoms with Crippen molar-refractivity contribution in [3.05, 3.63) is 52.9 Å². The summed E-state index contributed by atoms with van der Waals surface area (Å²) in [6.45, 7) is 8.65. The van der Waals surface area contributed by atoms with Crippen LogP contribution >= 0.6 is 0 Å². The number of carbonyl (C=O) groups is 1. The number of benzene rings is 1. The van der Waals surface area contributed by atoms with Crippen LogP contribution in [0, 0.1) is 12.7 Å². The molecule has 0 saturated heterocycles. The summed E-state index contributed by atoms with van der Waals surface area (Å²) in [6, 6.07) is 2.99. The minimum atomic E-state index is -0.347. The molecule has 1 aromatic carbocycles. The van der Waals surface area contributed by atoms with Gasteiger partial charge in [-0.25, -0.2) is 9.37 Å². The van der Waals surface area contributed by atoms with E-state index in [1.54, 1.807) is 24.5 Å². The van der Waals surface area contributed by atoms with Crippen LogP contribution in [0.2, 0.25) is 0 Å². The number of nitrogens with zero attached hydrogens (tertiary/aromatic N) is 2. The first-order valence-corrected chi connectivity index (χ1v) is 8.79. The number of rotatable bonds is 6. The molecule has 0 bridgehead atoms. The second-order valence-corrected chi connectivity index (χ2v) is 6.20. The second-order valence-electron chi connectivity index (χ2n) is 6.20. The molecule has 5 nitrogen and oxygen atoms in total. The maximum absolute atomic E-state index is 14.5. The van der Waals surface area contributed by atoms with E-state index in [0.29, 0.717) is 28.1 Å². The average Bonchev–Trinajstić information content (AvgIpc) is 3.17. The molecule has 6 heteroatoms. The summed E-state index contributed by atoms with van der Waals surface area (Å²) in [7, 11) is 0. The van der Waals surface area contributed by atoms with Gasteiger partial charge in [0.25, 0.3) is 5.91 Å². The molecule has 0 aliphatic carbocycles. The highest BCUT2D eigenvalue weighted by atomic mass is 19.1. The Labute approximate surface area is 152 Å². The first kappa shape index (κ1) is 18.1. The molecule has 0 unspecified atom stereocenters. The van der Waals surface area contributed by atoms with Gasteiger partial charge in [0.1, 0.15) is 5.82 Å². The molecule has 3 rings (SSSR count). The van der Waals surface area contributed by atoms with E-state index in [-0.39, 0.29) is 11.7 Å². The Hall–Kier alpha value is -2.73. The molecule has 1 aromatic heterocycles. The van der Waals surface area contributed by atoms with Crippen molar-refractivity contribution in [1.29, 1.82) is 0 Å². The van der Waals surface area contributed by atoms with Crippen molar-refractivity contribution in [2.75, 3.05) is 25.0 Å². The van der Waals surface area contributed by atoms with Crippen molar-refractivity contribution in [2.45, 2.75) is 20.8 Å². The lowest BCUT2D eigenvalue weighted by Crippen LogP contribution is -2.22. The fourth-order valence-corrected chi connectivity index (χ4v) is 3.05. The minimum absolute atomic E-state index is 0.244. The zero-order valence-corrected chi connectivity index (χ0v) is 15.3. The molecule has 136 valence electrons. The minimum Gasteiger partial charge on any atom is -0.348 e. The van der Waals surface area contributed by atoms with Crippen LogP contribution in [0.25, 0.3) is 17.7 Å². The van der Waals surface area contributed by atoms with Crippen LogP contribution in [0.4, 0.5) is 10.1 Å². The lowest BCUT2D eigenvalue weighted by Gasteiger charge is -2.15. The third kappa shape index (κ3) is 3.46. The van der Waals surface area contributed by atoms with E-state index in [9.17, 15) is 9.18 Å². The van der Waals surface area contributed by atoms with E-state index >= 15 is 0 Å². The Morgan fingerprint density at radius 1 is 1.27 bits per heavy atom. The molecule has 1 aliphatic heterocycles. The number of likely N-dealkylation sites (N-methyl/N-ethyl adjacent to an activating group) is 1. The Bertz CT molecular complexity index is 878. The maximum Gasteiger partial charge on any atom is 0.256 e. The Kier molecular flexibility index (Phi) is 5.32. The molecular formula is C20H23FN4O. The van der Waals surface area contributed by atoms with E-state index in [0.717, 1.165) is 25.3 Å². The number of aryl methyl sites for hydroxylation is 1. The smallest absolute Gasteiger partial charge is 0.256 e. The Morgan fingerprint density at radius 3 is 2.69 bits per heavy atom. The molecule has 26 heavy (non-hydrogen) atoms. The van der Waals surface area contributed by atoms with Crippen LogP contribution in [-0.4, -0.2) is 40.4 Å².